The van der Waals surface area contributed by atoms with E-state index in [1.165, 1.54) is 18.2 Å². The minimum atomic E-state index is -0.310. The zero-order valence-electron chi connectivity index (χ0n) is 15.9. The van der Waals surface area contributed by atoms with Gasteiger partial charge in [-0.2, -0.15) is 5.26 Å². The number of aromatic nitrogens is 1. The molecule has 2 aliphatic rings. The molecule has 4 atom stereocenters. The zero-order chi connectivity index (χ0) is 19.0. The average molecular weight is 363 g/mol. The van der Waals surface area contributed by atoms with Crippen molar-refractivity contribution in [2.45, 2.75) is 38.1 Å². The number of aromatic amines is 1. The van der Waals surface area contributed by atoms with Crippen LogP contribution in [0.5, 0.6) is 0 Å². The number of fused-ring (bicyclic) bond motifs is 5. The molecule has 0 amide bonds. The molecule has 1 aromatic heterocycles. The molecule has 0 aliphatic carbocycles. The number of para-hydroxylation sites is 1. The van der Waals surface area contributed by atoms with Crippen molar-refractivity contribution in [2.75, 3.05) is 20.2 Å². The van der Waals surface area contributed by atoms with Gasteiger partial charge in [-0.1, -0.05) is 31.2 Å². The number of hydrogen-bond acceptors (Lipinski definition) is 4. The number of ether oxygens (including phenoxy) is 1. The SMILES string of the molecule is CCC1=CC2C[C@H](C(=O)OC)c3[nH]c4ccccc4c3CCN(C2)[C@@H]1C#N. The third-order valence-corrected chi connectivity index (χ3v) is 6.03. The van der Waals surface area contributed by atoms with Gasteiger partial charge in [0.2, 0.25) is 0 Å². The summed E-state index contributed by atoms with van der Waals surface area (Å²) in [4.78, 5) is 18.5. The van der Waals surface area contributed by atoms with Gasteiger partial charge in [0.25, 0.3) is 0 Å². The fourth-order valence-electron chi connectivity index (χ4n) is 4.75. The molecule has 2 bridgehead atoms. The standard InChI is InChI=1S/C22H25N3O2/c1-3-15-10-14-11-18(22(26)27-2)21-17(8-9-25(13-14)20(15)12-23)16-6-4-5-7-19(16)24-21/h4-7,10,14,18,20,24H,3,8-9,11,13H2,1-2H3/t14?,18-,20+/m0/s1. The second kappa shape index (κ2) is 7.21. The minimum absolute atomic E-state index is 0.158. The number of H-pyrrole nitrogens is 1. The number of methoxy groups -OCH3 is 1. The van der Waals surface area contributed by atoms with Crippen LogP contribution in [0.15, 0.2) is 35.9 Å². The fraction of sp³-hybridized carbons (Fsp3) is 0.455. The number of carbonyl (C=O) groups is 1. The number of nitrogens with zero attached hydrogens (tertiary/aromatic N) is 2. The highest BCUT2D eigenvalue weighted by atomic mass is 16.5. The molecule has 0 radical (unpaired) electrons. The van der Waals surface area contributed by atoms with Crippen molar-refractivity contribution in [2.24, 2.45) is 5.92 Å². The molecule has 2 unspecified atom stereocenters. The van der Waals surface area contributed by atoms with Crippen LogP contribution < -0.4 is 0 Å². The first-order chi connectivity index (χ1) is 13.2. The highest BCUT2D eigenvalue weighted by molar-refractivity contribution is 5.88. The zero-order valence-corrected chi connectivity index (χ0v) is 15.9. The average Bonchev–Trinajstić information content (AvgIpc) is 3.08. The summed E-state index contributed by atoms with van der Waals surface area (Å²) in [5.41, 5.74) is 4.39. The molecule has 140 valence electrons. The number of nitrogens with one attached hydrogen (secondary N) is 1. The van der Waals surface area contributed by atoms with Crippen molar-refractivity contribution in [3.05, 3.63) is 47.2 Å². The first-order valence-corrected chi connectivity index (χ1v) is 9.67. The maximum Gasteiger partial charge on any atom is 0.314 e. The molecule has 5 nitrogen and oxygen atoms in total. The predicted octanol–water partition coefficient (Wildman–Crippen LogP) is 3.53. The summed E-state index contributed by atoms with van der Waals surface area (Å²) in [5.74, 6) is -0.258. The van der Waals surface area contributed by atoms with Gasteiger partial charge in [0, 0.05) is 29.7 Å². The Morgan fingerprint density at radius 3 is 2.96 bits per heavy atom. The molecule has 0 spiro atoms. The minimum Gasteiger partial charge on any atom is -0.469 e. The summed E-state index contributed by atoms with van der Waals surface area (Å²) in [6.45, 7) is 3.73. The van der Waals surface area contributed by atoms with Crippen molar-refractivity contribution in [1.82, 2.24) is 9.88 Å². The summed E-state index contributed by atoms with van der Waals surface area (Å²) in [5, 5.41) is 10.9. The van der Waals surface area contributed by atoms with Crippen LogP contribution in [-0.4, -0.2) is 42.1 Å². The van der Waals surface area contributed by atoms with Crippen molar-refractivity contribution in [3.63, 3.8) is 0 Å². The van der Waals surface area contributed by atoms with Crippen molar-refractivity contribution >= 4 is 16.9 Å². The Morgan fingerprint density at radius 2 is 2.22 bits per heavy atom. The van der Waals surface area contributed by atoms with Gasteiger partial charge in [0.15, 0.2) is 0 Å². The first kappa shape index (κ1) is 17.8. The van der Waals surface area contributed by atoms with Gasteiger partial charge in [0.1, 0.15) is 6.04 Å². The third kappa shape index (κ3) is 3.04. The van der Waals surface area contributed by atoms with E-state index in [2.05, 4.69) is 41.1 Å². The Morgan fingerprint density at radius 1 is 1.41 bits per heavy atom. The molecule has 1 N–H and O–H groups in total. The summed E-state index contributed by atoms with van der Waals surface area (Å²) in [7, 11) is 1.46. The fourth-order valence-corrected chi connectivity index (χ4v) is 4.75. The maximum atomic E-state index is 12.7. The first-order valence-electron chi connectivity index (χ1n) is 9.67. The summed E-state index contributed by atoms with van der Waals surface area (Å²) in [6.07, 6.45) is 4.61. The summed E-state index contributed by atoms with van der Waals surface area (Å²) in [6, 6.07) is 10.5. The van der Waals surface area contributed by atoms with Crippen LogP contribution in [0.25, 0.3) is 10.9 Å². The van der Waals surface area contributed by atoms with E-state index in [1.807, 2.05) is 12.1 Å². The highest BCUT2D eigenvalue weighted by Gasteiger charge is 2.36. The Kier molecular flexibility index (Phi) is 4.75. The Labute approximate surface area is 159 Å². The summed E-state index contributed by atoms with van der Waals surface area (Å²) >= 11 is 0. The van der Waals surface area contributed by atoms with Crippen LogP contribution in [0.1, 0.15) is 36.9 Å². The van der Waals surface area contributed by atoms with Crippen molar-refractivity contribution in [1.29, 1.82) is 5.26 Å². The number of rotatable bonds is 2. The number of hydrogen-bond donors (Lipinski definition) is 1. The van der Waals surface area contributed by atoms with Crippen LogP contribution in [0.3, 0.4) is 0 Å². The van der Waals surface area contributed by atoms with E-state index in [1.54, 1.807) is 0 Å². The molecule has 0 saturated heterocycles. The molecule has 3 heterocycles. The van der Waals surface area contributed by atoms with Gasteiger partial charge in [-0.25, -0.2) is 0 Å². The Hall–Kier alpha value is -2.58. The lowest BCUT2D eigenvalue weighted by Crippen LogP contribution is -2.43. The van der Waals surface area contributed by atoms with Crippen LogP contribution in [0.4, 0.5) is 0 Å². The molecule has 0 fully saturated rings. The molecule has 2 aromatic rings. The van der Waals surface area contributed by atoms with Gasteiger partial charge in [-0.3, -0.25) is 9.69 Å². The maximum absolute atomic E-state index is 12.7. The predicted molar refractivity (Wildman–Crippen MR) is 104 cm³/mol. The summed E-state index contributed by atoms with van der Waals surface area (Å²) < 4.78 is 5.17. The normalized spacial score (nSPS) is 27.5. The van der Waals surface area contributed by atoms with E-state index < -0.39 is 0 Å². The van der Waals surface area contributed by atoms with E-state index in [0.29, 0.717) is 6.42 Å². The molecule has 0 saturated carbocycles. The Balaban J connectivity index is 1.84. The molecule has 5 heteroatoms. The highest BCUT2D eigenvalue weighted by Crippen LogP contribution is 2.37. The molecular weight excluding hydrogens is 338 g/mol. The number of carbonyl (C=O) groups excluding carboxylic acids is 1. The van der Waals surface area contributed by atoms with Crippen LogP contribution >= 0.6 is 0 Å². The quantitative estimate of drug-likeness (QED) is 0.655. The second-order valence-electron chi connectivity index (χ2n) is 7.51. The molecule has 2 aliphatic heterocycles. The van der Waals surface area contributed by atoms with Gasteiger partial charge < -0.3 is 9.72 Å². The van der Waals surface area contributed by atoms with E-state index in [0.717, 1.165) is 42.5 Å². The van der Waals surface area contributed by atoms with Crippen molar-refractivity contribution in [3.8, 4) is 6.07 Å². The van der Waals surface area contributed by atoms with Gasteiger partial charge in [-0.05, 0) is 42.4 Å². The molecule has 4 rings (SSSR count). The lowest BCUT2D eigenvalue weighted by Gasteiger charge is -2.36. The molecule has 27 heavy (non-hydrogen) atoms. The van der Waals surface area contributed by atoms with Gasteiger partial charge in [-0.15, -0.1) is 0 Å². The van der Waals surface area contributed by atoms with E-state index in [4.69, 9.17) is 4.74 Å². The monoisotopic (exact) mass is 363 g/mol. The smallest absolute Gasteiger partial charge is 0.314 e. The Bertz CT molecular complexity index is 937. The number of benzene rings is 1. The second-order valence-corrected chi connectivity index (χ2v) is 7.51. The lowest BCUT2D eigenvalue weighted by molar-refractivity contribution is -0.143. The van der Waals surface area contributed by atoms with Gasteiger partial charge >= 0.3 is 5.97 Å². The number of esters is 1. The largest absolute Gasteiger partial charge is 0.469 e. The molecule has 1 aromatic carbocycles. The third-order valence-electron chi connectivity index (χ3n) is 6.03. The van der Waals surface area contributed by atoms with E-state index >= 15 is 0 Å². The van der Waals surface area contributed by atoms with Crippen molar-refractivity contribution < 1.29 is 9.53 Å². The van der Waals surface area contributed by atoms with Gasteiger partial charge in [0.05, 0.1) is 19.1 Å². The molecular formula is C22H25N3O2. The van der Waals surface area contributed by atoms with E-state index in [9.17, 15) is 10.1 Å². The van der Waals surface area contributed by atoms with Crippen LogP contribution in [0.2, 0.25) is 0 Å². The van der Waals surface area contributed by atoms with E-state index in [-0.39, 0.29) is 23.8 Å². The lowest BCUT2D eigenvalue weighted by atomic mass is 9.85. The van der Waals surface area contributed by atoms with Crippen LogP contribution in [0, 0.1) is 17.2 Å². The number of nitriles is 1. The topological polar surface area (TPSA) is 69.1 Å². The van der Waals surface area contributed by atoms with Crippen LogP contribution in [-0.2, 0) is 16.0 Å².